The van der Waals surface area contributed by atoms with Crippen LogP contribution in [-0.4, -0.2) is 55.2 Å². The summed E-state index contributed by atoms with van der Waals surface area (Å²) in [6.07, 6.45) is 0. The van der Waals surface area contributed by atoms with Gasteiger partial charge in [0.15, 0.2) is 0 Å². The van der Waals surface area contributed by atoms with Crippen LogP contribution in [0.2, 0.25) is 0 Å². The zero-order valence-electron chi connectivity index (χ0n) is 5.56. The first-order valence-electron chi connectivity index (χ1n) is 2.78. The Morgan fingerprint density at radius 2 is 1.14 bits per heavy atom. The van der Waals surface area contributed by atoms with Crippen LogP contribution in [0.4, 0.5) is 0 Å². The van der Waals surface area contributed by atoms with Crippen molar-refractivity contribution in [3.05, 3.63) is 0 Å². The van der Waals surface area contributed by atoms with E-state index in [4.69, 9.17) is 4.12 Å². The fraction of sp³-hybridized carbons (Fsp3) is 0. The van der Waals surface area contributed by atoms with Crippen LogP contribution < -0.4 is 0 Å². The Morgan fingerprint density at radius 1 is 0.857 bits per heavy atom. The molecule has 0 aliphatic heterocycles. The summed E-state index contributed by atoms with van der Waals surface area (Å²) in [5.41, 5.74) is 0. The van der Waals surface area contributed by atoms with Gasteiger partial charge >= 0.3 is 0 Å². The molecule has 0 radical (unpaired) electrons. The molecule has 0 spiro atoms. The smallest absolute Gasteiger partial charge is 0.117 e. The Kier molecular flexibility index (Phi) is 4.92. The molecule has 0 fully saturated rings. The molecule has 44 valence electrons. The second-order valence-corrected chi connectivity index (χ2v) is 40.9. The van der Waals surface area contributed by atoms with Gasteiger partial charge in [-0.3, -0.25) is 0 Å². The third kappa shape index (κ3) is 7.26. The minimum Gasteiger partial charge on any atom is -0.473 e. The molecule has 0 saturated carbocycles. The predicted octanol–water partition coefficient (Wildman–Crippen LogP) is -6.10. The molecule has 0 bridgehead atoms. The van der Waals surface area contributed by atoms with Gasteiger partial charge in [-0.25, -0.2) is 0 Å². The van der Waals surface area contributed by atoms with Crippen molar-refractivity contribution in [3.63, 3.8) is 0 Å². The fourth-order valence-electron chi connectivity index (χ4n) is 0.544. The van der Waals surface area contributed by atoms with E-state index in [0.717, 1.165) is 0 Å². The Hall–Kier alpha value is 1.26. The summed E-state index contributed by atoms with van der Waals surface area (Å²) in [5, 5.41) is 0. The molecule has 0 aromatic rings. The predicted molar refractivity (Wildman–Crippen MR) is 55.1 cm³/mol. The van der Waals surface area contributed by atoms with E-state index >= 15 is 0 Å². The van der Waals surface area contributed by atoms with Gasteiger partial charge in [-0.2, -0.15) is 0 Å². The van der Waals surface area contributed by atoms with Crippen molar-refractivity contribution >= 4 is 55.2 Å². The second kappa shape index (κ2) is 4.17. The molecule has 0 aliphatic rings. The summed E-state index contributed by atoms with van der Waals surface area (Å²) in [5.74, 6) is 0. The van der Waals surface area contributed by atoms with Crippen LogP contribution in [-0.2, 0) is 4.12 Å². The summed E-state index contributed by atoms with van der Waals surface area (Å²) >= 11 is 0. The summed E-state index contributed by atoms with van der Waals surface area (Å²) in [6, 6.07) is 0. The molecule has 0 aliphatic carbocycles. The number of hydrogen-bond acceptors (Lipinski definition) is 1. The minimum atomic E-state index is -0.319. The molecule has 7 heteroatoms. The SMILES string of the molecule is [SiH3][SiH]([SiH3])O[SiH]([SiH3])[SiH3]. The number of hydrogen-bond donors (Lipinski definition) is 0. The molecular formula is H14OSi6. The summed E-state index contributed by atoms with van der Waals surface area (Å²) in [6.45, 7) is 0. The van der Waals surface area contributed by atoms with E-state index in [2.05, 4.69) is 0 Å². The molecule has 0 aromatic carbocycles. The Bertz CT molecular complexity index is 33.4. The maximum Gasteiger partial charge on any atom is 0.117 e. The largest absolute Gasteiger partial charge is 0.473 e. The van der Waals surface area contributed by atoms with Crippen molar-refractivity contribution in [2.75, 3.05) is 0 Å². The van der Waals surface area contributed by atoms with E-state index in [0.29, 0.717) is 0 Å². The molecule has 0 unspecified atom stereocenters. The van der Waals surface area contributed by atoms with Crippen molar-refractivity contribution in [1.29, 1.82) is 0 Å². The highest BCUT2D eigenvalue weighted by Crippen LogP contribution is 1.71. The van der Waals surface area contributed by atoms with E-state index in [1.165, 1.54) is 39.0 Å². The molecule has 0 heterocycles. The lowest BCUT2D eigenvalue weighted by atomic mass is 15.8. The molecule has 0 rings (SSSR count). The van der Waals surface area contributed by atoms with Crippen molar-refractivity contribution in [2.24, 2.45) is 0 Å². The van der Waals surface area contributed by atoms with Gasteiger partial charge in [0.05, 0.1) is 0 Å². The van der Waals surface area contributed by atoms with Gasteiger partial charge in [-0.05, 0) is 0 Å². The van der Waals surface area contributed by atoms with Crippen molar-refractivity contribution in [2.45, 2.75) is 0 Å². The van der Waals surface area contributed by atoms with Gasteiger partial charge in [0.25, 0.3) is 0 Å². The second-order valence-electron chi connectivity index (χ2n) is 2.23. The Balaban J connectivity index is 2.95. The maximum atomic E-state index is 5.77. The van der Waals surface area contributed by atoms with Crippen LogP contribution >= 0.6 is 0 Å². The monoisotopic (exact) mass is 198 g/mol. The van der Waals surface area contributed by atoms with E-state index in [1.807, 2.05) is 0 Å². The minimum absolute atomic E-state index is 0.319. The highest BCUT2D eigenvalue weighted by molar-refractivity contribution is 7.34. The maximum absolute atomic E-state index is 5.77. The fourth-order valence-corrected chi connectivity index (χ4v) is 44.1. The summed E-state index contributed by atoms with van der Waals surface area (Å²) in [4.78, 5) is 0. The van der Waals surface area contributed by atoms with Crippen LogP contribution in [0.1, 0.15) is 0 Å². The third-order valence-corrected chi connectivity index (χ3v) is 14.7. The molecule has 1 nitrogen and oxygen atoms in total. The Labute approximate surface area is 59.5 Å². The van der Waals surface area contributed by atoms with Gasteiger partial charge in [0.1, 0.15) is 16.2 Å². The first-order chi connectivity index (χ1) is 3.13. The van der Waals surface area contributed by atoms with Crippen molar-refractivity contribution in [1.82, 2.24) is 0 Å². The molecule has 0 atom stereocenters. The van der Waals surface area contributed by atoms with Gasteiger partial charge in [0.2, 0.25) is 0 Å². The van der Waals surface area contributed by atoms with Gasteiger partial charge in [-0.15, -0.1) is 0 Å². The third-order valence-electron chi connectivity index (χ3n) is 0.544. The van der Waals surface area contributed by atoms with Crippen LogP contribution in [0.5, 0.6) is 0 Å². The lowest BCUT2D eigenvalue weighted by Gasteiger charge is -2.08. The topological polar surface area (TPSA) is 9.23 Å². The number of rotatable bonds is 2. The molecule has 0 aromatic heterocycles. The van der Waals surface area contributed by atoms with Gasteiger partial charge < -0.3 is 4.12 Å². The highest BCUT2D eigenvalue weighted by Gasteiger charge is 1.97. The zero-order chi connectivity index (χ0) is 5.86. The van der Waals surface area contributed by atoms with E-state index in [1.54, 1.807) is 0 Å². The molecule has 0 amide bonds. The van der Waals surface area contributed by atoms with Crippen molar-refractivity contribution in [3.8, 4) is 0 Å². The molecular weight excluding hydrogens is 185 g/mol. The van der Waals surface area contributed by atoms with Crippen LogP contribution in [0.15, 0.2) is 0 Å². The average Bonchev–Trinajstić information content (AvgIpc) is 1.27. The van der Waals surface area contributed by atoms with Crippen LogP contribution in [0.3, 0.4) is 0 Å². The lowest BCUT2D eigenvalue weighted by Crippen LogP contribution is -2.31. The summed E-state index contributed by atoms with van der Waals surface area (Å²) < 4.78 is 5.77. The first-order valence-corrected chi connectivity index (χ1v) is 22.2. The molecule has 0 saturated heterocycles. The van der Waals surface area contributed by atoms with Crippen molar-refractivity contribution < 1.29 is 4.12 Å². The van der Waals surface area contributed by atoms with E-state index < -0.39 is 0 Å². The first kappa shape index (κ1) is 8.26. The highest BCUT2D eigenvalue weighted by atomic mass is 29.6. The van der Waals surface area contributed by atoms with Crippen LogP contribution in [0, 0.1) is 0 Å². The average molecular weight is 199 g/mol. The quantitative estimate of drug-likeness (QED) is 0.402. The van der Waals surface area contributed by atoms with Gasteiger partial charge in [-0.1, -0.05) is 0 Å². The normalized spacial score (nSPS) is 20.6. The van der Waals surface area contributed by atoms with E-state index in [-0.39, 0.29) is 16.2 Å². The van der Waals surface area contributed by atoms with Gasteiger partial charge in [0, 0.05) is 39.0 Å². The standard InChI is InChI=1S/H14OSi6/c2-6(3)1-7(4)5/h6-7H,2-5H3. The lowest BCUT2D eigenvalue weighted by molar-refractivity contribution is 0.660. The summed E-state index contributed by atoms with van der Waals surface area (Å²) in [7, 11) is 5.06. The Morgan fingerprint density at radius 3 is 1.14 bits per heavy atom. The molecule has 0 N–H and O–H groups in total. The van der Waals surface area contributed by atoms with E-state index in [9.17, 15) is 0 Å². The van der Waals surface area contributed by atoms with Crippen LogP contribution in [0.25, 0.3) is 0 Å². The molecule has 7 heavy (non-hydrogen) atoms. The zero-order valence-corrected chi connectivity index (χ0v) is 15.9.